The van der Waals surface area contributed by atoms with Crippen molar-refractivity contribution in [1.82, 2.24) is 10.2 Å². The van der Waals surface area contributed by atoms with Crippen molar-refractivity contribution in [3.8, 4) is 0 Å². The van der Waals surface area contributed by atoms with Gasteiger partial charge in [-0.3, -0.25) is 9.59 Å². The second-order valence-electron chi connectivity index (χ2n) is 7.08. The average molecular weight is 314 g/mol. The van der Waals surface area contributed by atoms with Gasteiger partial charge in [-0.2, -0.15) is 11.8 Å². The van der Waals surface area contributed by atoms with Gasteiger partial charge in [0.2, 0.25) is 11.8 Å². The number of nitrogens with zero attached hydrogens (tertiary/aromatic N) is 1. The molecule has 0 aliphatic carbocycles. The Hall–Kier alpha value is -0.710. The van der Waals surface area contributed by atoms with Crippen molar-refractivity contribution in [1.29, 1.82) is 0 Å². The Balaban J connectivity index is 2.90. The van der Waals surface area contributed by atoms with E-state index < -0.39 is 0 Å². The van der Waals surface area contributed by atoms with Crippen molar-refractivity contribution in [3.63, 3.8) is 0 Å². The lowest BCUT2D eigenvalue weighted by molar-refractivity contribution is -0.155. The molecule has 122 valence electrons. The zero-order valence-electron chi connectivity index (χ0n) is 14.2. The lowest BCUT2D eigenvalue weighted by atomic mass is 9.82. The van der Waals surface area contributed by atoms with E-state index in [0.29, 0.717) is 6.54 Å². The van der Waals surface area contributed by atoms with Crippen molar-refractivity contribution in [2.45, 2.75) is 60.0 Å². The summed E-state index contributed by atoms with van der Waals surface area (Å²) in [5.74, 6) is 2.31. The quantitative estimate of drug-likeness (QED) is 0.767. The number of piperazine rings is 1. The maximum atomic E-state index is 12.7. The number of nitrogens with one attached hydrogen (secondary N) is 1. The van der Waals surface area contributed by atoms with E-state index in [4.69, 9.17) is 0 Å². The fourth-order valence-electron chi connectivity index (χ4n) is 2.77. The molecule has 1 saturated heterocycles. The monoisotopic (exact) mass is 314 g/mol. The molecule has 4 nitrogen and oxygen atoms in total. The first-order chi connectivity index (χ1) is 9.70. The summed E-state index contributed by atoms with van der Waals surface area (Å²) < 4.78 is 0. The minimum Gasteiger partial charge on any atom is -0.342 e. The molecule has 1 heterocycles. The average Bonchev–Trinajstić information content (AvgIpc) is 2.35. The molecule has 2 unspecified atom stereocenters. The van der Waals surface area contributed by atoms with Gasteiger partial charge in [0.25, 0.3) is 0 Å². The van der Waals surface area contributed by atoms with Crippen LogP contribution in [0.1, 0.15) is 48.0 Å². The van der Waals surface area contributed by atoms with E-state index in [1.165, 1.54) is 0 Å². The molecule has 1 fully saturated rings. The van der Waals surface area contributed by atoms with Crippen LogP contribution in [0, 0.1) is 11.3 Å². The highest BCUT2D eigenvalue weighted by molar-refractivity contribution is 7.99. The summed E-state index contributed by atoms with van der Waals surface area (Å²) in [6.07, 6.45) is 0.939. The molecule has 0 bridgehead atoms. The molecular formula is C16H30N2O2S. The highest BCUT2D eigenvalue weighted by Crippen LogP contribution is 2.29. The Bertz CT molecular complexity index is 377. The lowest BCUT2D eigenvalue weighted by Crippen LogP contribution is -2.67. The van der Waals surface area contributed by atoms with Crippen molar-refractivity contribution in [2.75, 3.05) is 18.1 Å². The predicted molar refractivity (Wildman–Crippen MR) is 89.3 cm³/mol. The van der Waals surface area contributed by atoms with Crippen LogP contribution in [0.4, 0.5) is 0 Å². The molecule has 1 aliphatic heterocycles. The van der Waals surface area contributed by atoms with E-state index in [0.717, 1.165) is 17.9 Å². The summed E-state index contributed by atoms with van der Waals surface area (Å²) in [5.41, 5.74) is -0.250. The minimum absolute atomic E-state index is 0.0102. The second kappa shape index (κ2) is 7.52. The topological polar surface area (TPSA) is 49.4 Å². The van der Waals surface area contributed by atoms with Gasteiger partial charge in [-0.1, -0.05) is 41.5 Å². The van der Waals surface area contributed by atoms with Crippen LogP contribution in [0.15, 0.2) is 0 Å². The number of hydrogen-bond donors (Lipinski definition) is 1. The standard InChI is InChI=1S/C16H30N2O2S/c1-7-21-10-8-9-18-13(16(4,5)6)14(19)17-12(11(2)3)15(18)20/h11-13H,7-10H2,1-6H3,(H,17,19). The molecule has 1 aliphatic rings. The van der Waals surface area contributed by atoms with E-state index in [1.807, 2.05) is 51.3 Å². The first-order valence-electron chi connectivity index (χ1n) is 7.88. The summed E-state index contributed by atoms with van der Waals surface area (Å²) in [4.78, 5) is 27.0. The van der Waals surface area contributed by atoms with Crippen molar-refractivity contribution in [2.24, 2.45) is 11.3 Å². The maximum absolute atomic E-state index is 12.7. The van der Waals surface area contributed by atoms with Crippen LogP contribution in [0.25, 0.3) is 0 Å². The van der Waals surface area contributed by atoms with Crippen LogP contribution in [0.2, 0.25) is 0 Å². The third-order valence-corrected chi connectivity index (χ3v) is 4.77. The molecule has 21 heavy (non-hydrogen) atoms. The van der Waals surface area contributed by atoms with Crippen LogP contribution < -0.4 is 5.32 Å². The Labute approximate surface area is 133 Å². The van der Waals surface area contributed by atoms with Gasteiger partial charge >= 0.3 is 0 Å². The van der Waals surface area contributed by atoms with E-state index >= 15 is 0 Å². The number of carbonyl (C=O) groups excluding carboxylic acids is 2. The summed E-state index contributed by atoms with van der Waals surface area (Å²) >= 11 is 1.88. The van der Waals surface area contributed by atoms with Gasteiger partial charge in [0.1, 0.15) is 12.1 Å². The summed E-state index contributed by atoms with van der Waals surface area (Å²) in [5, 5.41) is 2.92. The van der Waals surface area contributed by atoms with Gasteiger partial charge in [0.15, 0.2) is 0 Å². The first kappa shape index (κ1) is 18.3. The smallest absolute Gasteiger partial charge is 0.246 e. The zero-order chi connectivity index (χ0) is 16.2. The summed E-state index contributed by atoms with van der Waals surface area (Å²) in [7, 11) is 0. The van der Waals surface area contributed by atoms with Gasteiger partial charge in [0.05, 0.1) is 0 Å². The fourth-order valence-corrected chi connectivity index (χ4v) is 3.40. The Morgan fingerprint density at radius 2 is 1.90 bits per heavy atom. The van der Waals surface area contributed by atoms with Gasteiger partial charge in [0, 0.05) is 6.54 Å². The van der Waals surface area contributed by atoms with E-state index in [9.17, 15) is 9.59 Å². The van der Waals surface area contributed by atoms with Crippen molar-refractivity contribution >= 4 is 23.6 Å². The highest BCUT2D eigenvalue weighted by atomic mass is 32.2. The summed E-state index contributed by atoms with van der Waals surface area (Å²) in [6, 6.07) is -0.749. The molecule has 1 N–H and O–H groups in total. The summed E-state index contributed by atoms with van der Waals surface area (Å²) in [6.45, 7) is 12.8. The van der Waals surface area contributed by atoms with Crippen LogP contribution in [0.5, 0.6) is 0 Å². The normalized spacial score (nSPS) is 23.7. The molecular weight excluding hydrogens is 284 g/mol. The number of amides is 2. The van der Waals surface area contributed by atoms with Crippen LogP contribution >= 0.6 is 11.8 Å². The molecule has 1 rings (SSSR count). The predicted octanol–water partition coefficient (Wildman–Crippen LogP) is 2.53. The van der Waals surface area contributed by atoms with Crippen LogP contribution in [-0.2, 0) is 9.59 Å². The van der Waals surface area contributed by atoms with Crippen molar-refractivity contribution in [3.05, 3.63) is 0 Å². The number of thioether (sulfide) groups is 1. The fraction of sp³-hybridized carbons (Fsp3) is 0.875. The van der Waals surface area contributed by atoms with E-state index in [2.05, 4.69) is 12.2 Å². The largest absolute Gasteiger partial charge is 0.342 e. The molecule has 2 atom stereocenters. The molecule has 0 spiro atoms. The van der Waals surface area contributed by atoms with E-state index in [1.54, 1.807) is 0 Å². The first-order valence-corrected chi connectivity index (χ1v) is 9.04. The number of carbonyl (C=O) groups is 2. The lowest BCUT2D eigenvalue weighted by Gasteiger charge is -2.45. The molecule has 0 aromatic heterocycles. The number of rotatable bonds is 6. The van der Waals surface area contributed by atoms with E-state index in [-0.39, 0.29) is 35.2 Å². The number of hydrogen-bond acceptors (Lipinski definition) is 3. The van der Waals surface area contributed by atoms with Gasteiger partial charge in [-0.05, 0) is 29.3 Å². The molecule has 0 saturated carbocycles. The molecule has 0 aromatic carbocycles. The Morgan fingerprint density at radius 3 is 2.38 bits per heavy atom. The zero-order valence-corrected chi connectivity index (χ0v) is 15.0. The Kier molecular flexibility index (Phi) is 6.57. The minimum atomic E-state index is -0.380. The molecule has 2 amide bonds. The van der Waals surface area contributed by atoms with Crippen LogP contribution in [0.3, 0.4) is 0 Å². The van der Waals surface area contributed by atoms with Crippen LogP contribution in [-0.4, -0.2) is 46.8 Å². The van der Waals surface area contributed by atoms with Gasteiger partial charge < -0.3 is 10.2 Å². The molecule has 5 heteroatoms. The third kappa shape index (κ3) is 4.63. The Morgan fingerprint density at radius 1 is 1.29 bits per heavy atom. The SMILES string of the molecule is CCSCCCN1C(=O)C(C(C)C)NC(=O)C1C(C)(C)C. The van der Waals surface area contributed by atoms with Gasteiger partial charge in [-0.15, -0.1) is 0 Å². The third-order valence-electron chi connectivity index (χ3n) is 3.79. The second-order valence-corrected chi connectivity index (χ2v) is 8.47. The maximum Gasteiger partial charge on any atom is 0.246 e. The van der Waals surface area contributed by atoms with Gasteiger partial charge in [-0.25, -0.2) is 0 Å². The molecule has 0 aromatic rings. The highest BCUT2D eigenvalue weighted by Gasteiger charge is 2.46. The molecule has 0 radical (unpaired) electrons. The van der Waals surface area contributed by atoms with Crippen molar-refractivity contribution < 1.29 is 9.59 Å².